The van der Waals surface area contributed by atoms with Gasteiger partial charge in [-0.2, -0.15) is 13.5 Å². The van der Waals surface area contributed by atoms with Crippen LogP contribution in [0.1, 0.15) is 211 Å². The summed E-state index contributed by atoms with van der Waals surface area (Å²) in [6.07, 6.45) is 0. The fraction of sp³-hybridized carbons (Fsp3) is 0.526. The molecule has 87 heavy (non-hydrogen) atoms. The molecule has 0 saturated heterocycles. The summed E-state index contributed by atoms with van der Waals surface area (Å²) in [7, 11) is 11.2. The first kappa shape index (κ1) is 72.7. The predicted molar refractivity (Wildman–Crippen MR) is 382 cm³/mol. The first-order valence-electron chi connectivity index (χ1n) is 30.4. The summed E-state index contributed by atoms with van der Waals surface area (Å²) >= 11 is 0. The lowest BCUT2D eigenvalue weighted by atomic mass is 9.79. The lowest BCUT2D eigenvalue weighted by Gasteiger charge is -2.35. The van der Waals surface area contributed by atoms with Crippen molar-refractivity contribution in [3.63, 3.8) is 0 Å². The third-order valence-corrected chi connectivity index (χ3v) is 21.1. The first-order valence-corrected chi connectivity index (χ1v) is 33.1. The monoisotopic (exact) mass is 1240 g/mol. The highest BCUT2D eigenvalue weighted by atomic mass is 32.1. The zero-order valence-corrected chi connectivity index (χ0v) is 62.4. The number of methoxy groups -OCH3 is 8. The highest BCUT2D eigenvalue weighted by molar-refractivity contribution is 7.81. The number of hydrogen-bond acceptors (Lipinski definition) is 8. The van der Waals surface area contributed by atoms with Crippen LogP contribution >= 0.6 is 29.3 Å². The molecule has 0 aliphatic rings. The molecule has 0 unspecified atom stereocenters. The molecular formula is C76H110O8P2S. The lowest BCUT2D eigenvalue weighted by molar-refractivity contribution is 0.381. The van der Waals surface area contributed by atoms with Crippen LogP contribution in [-0.4, -0.2) is 56.9 Å². The Morgan fingerprint density at radius 3 is 0.529 bits per heavy atom. The molecule has 478 valence electrons. The second-order valence-electron chi connectivity index (χ2n) is 31.4. The standard InChI is InChI=1S/C76H108O8P2.H2S/c1-69(2,3)51-37-47(38-52(65(51)81-29)70(4,5)6)85(48-39-53(71(7,8)9)66(82-30)54(40-48)72(10,11)12)61-35-45(77-25)33-59(79-27)63(61)64-60(80-28)34-46(78-26)36-62(64)86(49-41-55(73(13,14)15)67(83-31)56(42-49)74(16,17)18)50-43-57(75(19,20)21)68(84-32)58(44-50)76(22,23)24;/h33-44H,1-32H3;1H2. The molecule has 0 aliphatic carbocycles. The summed E-state index contributed by atoms with van der Waals surface area (Å²) in [5, 5.41) is 6.71. The summed E-state index contributed by atoms with van der Waals surface area (Å²) in [5.41, 5.74) is 8.39. The number of rotatable bonds is 15. The minimum absolute atomic E-state index is 0. The number of hydrogen-bond donors (Lipinski definition) is 0. The van der Waals surface area contributed by atoms with Crippen molar-refractivity contribution in [2.75, 3.05) is 56.9 Å². The minimum Gasteiger partial charge on any atom is -0.497 e. The summed E-state index contributed by atoms with van der Waals surface area (Å²) in [4.78, 5) is 0. The molecule has 0 heterocycles. The topological polar surface area (TPSA) is 73.8 Å². The molecule has 0 amide bonds. The van der Waals surface area contributed by atoms with Crippen LogP contribution in [0.5, 0.6) is 46.0 Å². The van der Waals surface area contributed by atoms with Crippen molar-refractivity contribution in [1.82, 2.24) is 0 Å². The molecule has 0 atom stereocenters. The van der Waals surface area contributed by atoms with Gasteiger partial charge < -0.3 is 37.9 Å². The van der Waals surface area contributed by atoms with E-state index in [4.69, 9.17) is 37.9 Å². The Balaban J connectivity index is 0.0000138. The van der Waals surface area contributed by atoms with Crippen LogP contribution in [0.3, 0.4) is 0 Å². The normalized spacial score (nSPS) is 12.9. The summed E-state index contributed by atoms with van der Waals surface area (Å²) in [6, 6.07) is 28.0. The van der Waals surface area contributed by atoms with Crippen LogP contribution in [0.4, 0.5) is 0 Å². The Morgan fingerprint density at radius 1 is 0.230 bits per heavy atom. The molecular weight excluding hydrogens is 1130 g/mol. The smallest absolute Gasteiger partial charge is 0.131 e. The van der Waals surface area contributed by atoms with Crippen LogP contribution in [0, 0.1) is 0 Å². The van der Waals surface area contributed by atoms with E-state index in [1.165, 1.54) is 0 Å². The van der Waals surface area contributed by atoms with Crippen LogP contribution in [0.2, 0.25) is 0 Å². The van der Waals surface area contributed by atoms with Crippen molar-refractivity contribution in [2.24, 2.45) is 0 Å². The highest BCUT2D eigenvalue weighted by Gasteiger charge is 2.40. The second-order valence-corrected chi connectivity index (χ2v) is 35.8. The molecule has 0 aromatic heterocycles. The average Bonchev–Trinajstić information content (AvgIpc) is 0.753. The Labute approximate surface area is 536 Å². The van der Waals surface area contributed by atoms with E-state index in [9.17, 15) is 0 Å². The molecule has 0 bridgehead atoms. The molecule has 6 aromatic rings. The largest absolute Gasteiger partial charge is 0.497 e. The van der Waals surface area contributed by atoms with Gasteiger partial charge in [-0.25, -0.2) is 0 Å². The van der Waals surface area contributed by atoms with E-state index in [0.29, 0.717) is 23.0 Å². The van der Waals surface area contributed by atoms with E-state index in [2.05, 4.69) is 227 Å². The number of ether oxygens (including phenoxy) is 8. The predicted octanol–water partition coefficient (Wildman–Crippen LogP) is 17.4. The van der Waals surface area contributed by atoms with E-state index < -0.39 is 15.8 Å². The van der Waals surface area contributed by atoms with E-state index in [0.717, 1.165) is 110 Å². The van der Waals surface area contributed by atoms with Gasteiger partial charge in [0.15, 0.2) is 0 Å². The van der Waals surface area contributed by atoms with Crippen LogP contribution in [-0.2, 0) is 43.3 Å². The third-order valence-electron chi connectivity index (χ3n) is 16.4. The summed E-state index contributed by atoms with van der Waals surface area (Å²) < 4.78 is 52.8. The average molecular weight is 1250 g/mol. The van der Waals surface area contributed by atoms with Crippen molar-refractivity contribution >= 4 is 61.2 Å². The Hall–Kier alpha value is -5.07. The quantitative estimate of drug-likeness (QED) is 0.0942. The molecule has 0 aliphatic heterocycles. The zero-order valence-electron chi connectivity index (χ0n) is 59.6. The third kappa shape index (κ3) is 15.1. The van der Waals surface area contributed by atoms with Crippen molar-refractivity contribution in [2.45, 2.75) is 209 Å². The van der Waals surface area contributed by atoms with Gasteiger partial charge in [-0.3, -0.25) is 0 Å². The van der Waals surface area contributed by atoms with E-state index in [-0.39, 0.29) is 56.8 Å². The maximum absolute atomic E-state index is 6.89. The lowest BCUT2D eigenvalue weighted by Crippen LogP contribution is -2.31. The van der Waals surface area contributed by atoms with Gasteiger partial charge in [-0.15, -0.1) is 0 Å². The maximum Gasteiger partial charge on any atom is 0.131 e. The van der Waals surface area contributed by atoms with Gasteiger partial charge in [0.1, 0.15) is 46.0 Å². The Morgan fingerprint density at radius 2 is 0.402 bits per heavy atom. The van der Waals surface area contributed by atoms with Gasteiger partial charge >= 0.3 is 0 Å². The maximum atomic E-state index is 6.89. The number of benzene rings is 6. The van der Waals surface area contributed by atoms with Crippen LogP contribution < -0.4 is 69.7 Å². The van der Waals surface area contributed by atoms with Gasteiger partial charge in [-0.05, 0) is 141 Å². The van der Waals surface area contributed by atoms with Crippen molar-refractivity contribution < 1.29 is 37.9 Å². The van der Waals surface area contributed by atoms with Crippen molar-refractivity contribution in [3.8, 4) is 57.1 Å². The Bertz CT molecular complexity index is 2910. The second kappa shape index (κ2) is 26.0. The fourth-order valence-corrected chi connectivity index (χ4v) is 16.9. The van der Waals surface area contributed by atoms with Gasteiger partial charge in [0.25, 0.3) is 0 Å². The van der Waals surface area contributed by atoms with E-state index in [1.54, 1.807) is 28.4 Å². The summed E-state index contributed by atoms with van der Waals surface area (Å²) in [5.74, 6) is 6.27. The van der Waals surface area contributed by atoms with Crippen LogP contribution in [0.15, 0.2) is 72.8 Å². The SMILES string of the molecule is COc1cc(OC)c(-c2c(OC)cc(OC)cc2P(c2cc(C(C)(C)C)c(OC)c(C(C)(C)C)c2)c2cc(C(C)(C)C)c(OC)c(C(C)(C)C)c2)c(P(c2cc(C(C)(C)C)c(OC)c(C(C)(C)C)c2)c2cc(C(C)(C)C)c(OC)c(C(C)(C)C)c2)c1.S. The van der Waals surface area contributed by atoms with Gasteiger partial charge in [0.05, 0.1) is 56.9 Å². The molecule has 8 nitrogen and oxygen atoms in total. The molecule has 0 saturated carbocycles. The first-order chi connectivity index (χ1) is 39.4. The molecule has 6 rings (SSSR count). The van der Waals surface area contributed by atoms with E-state index >= 15 is 0 Å². The van der Waals surface area contributed by atoms with Gasteiger partial charge in [0.2, 0.25) is 0 Å². The molecule has 11 heteroatoms. The molecule has 0 N–H and O–H groups in total. The van der Waals surface area contributed by atoms with Crippen molar-refractivity contribution in [1.29, 1.82) is 0 Å². The van der Waals surface area contributed by atoms with E-state index in [1.807, 2.05) is 40.6 Å². The van der Waals surface area contributed by atoms with Gasteiger partial charge in [-0.1, -0.05) is 166 Å². The fourth-order valence-electron chi connectivity index (χ4n) is 11.7. The Kier molecular flexibility index (Phi) is 21.7. The van der Waals surface area contributed by atoms with Gasteiger partial charge in [0, 0.05) is 78.4 Å². The summed E-state index contributed by atoms with van der Waals surface area (Å²) in [6.45, 7) is 54.8. The van der Waals surface area contributed by atoms with Crippen molar-refractivity contribution in [3.05, 3.63) is 117 Å². The molecule has 0 radical (unpaired) electrons. The molecule has 6 aromatic carbocycles. The molecule has 0 spiro atoms. The van der Waals surface area contributed by atoms with Crippen LogP contribution in [0.25, 0.3) is 11.1 Å². The minimum atomic E-state index is -1.57. The molecule has 0 fully saturated rings. The highest BCUT2D eigenvalue weighted by Crippen LogP contribution is 2.54. The zero-order chi connectivity index (χ0) is 65.2.